The van der Waals surface area contributed by atoms with E-state index in [1.54, 1.807) is 0 Å². The van der Waals surface area contributed by atoms with Crippen LogP contribution in [-0.2, 0) is 4.79 Å². The molecule has 0 spiro atoms. The third-order valence-electron chi connectivity index (χ3n) is 3.17. The van der Waals surface area contributed by atoms with E-state index in [0.717, 1.165) is 30.5 Å². The summed E-state index contributed by atoms with van der Waals surface area (Å²) in [7, 11) is 2.01. The van der Waals surface area contributed by atoms with Crippen LogP contribution in [0.15, 0.2) is 23.8 Å². The first-order valence-corrected chi connectivity index (χ1v) is 5.85. The molecule has 0 aliphatic carbocycles. The van der Waals surface area contributed by atoms with Crippen LogP contribution in [0.1, 0.15) is 26.7 Å². The van der Waals surface area contributed by atoms with E-state index < -0.39 is 0 Å². The number of likely N-dealkylation sites (N-methyl/N-ethyl adjacent to an activating group) is 1. The molecule has 1 N–H and O–H groups in total. The molecule has 0 saturated carbocycles. The van der Waals surface area contributed by atoms with E-state index in [9.17, 15) is 4.79 Å². The molecule has 1 amide bonds. The quantitative estimate of drug-likeness (QED) is 0.735. The number of amides is 1. The first kappa shape index (κ1) is 13.0. The van der Waals surface area contributed by atoms with Gasteiger partial charge in [0.05, 0.1) is 6.04 Å². The highest BCUT2D eigenvalue weighted by molar-refractivity contribution is 5.82. The number of carbonyl (C=O) groups excluding carboxylic acids is 1. The Morgan fingerprint density at radius 2 is 2.31 bits per heavy atom. The third kappa shape index (κ3) is 3.20. The smallest absolute Gasteiger partial charge is 0.237 e. The highest BCUT2D eigenvalue weighted by atomic mass is 16.2. The molecule has 0 aromatic rings. The maximum atomic E-state index is 11.9. The Hall–Kier alpha value is -1.09. The van der Waals surface area contributed by atoms with Crippen molar-refractivity contribution in [2.24, 2.45) is 0 Å². The summed E-state index contributed by atoms with van der Waals surface area (Å²) >= 11 is 0. The Bertz CT molecular complexity index is 307. The van der Waals surface area contributed by atoms with E-state index in [1.807, 2.05) is 27.0 Å². The summed E-state index contributed by atoms with van der Waals surface area (Å²) < 4.78 is 0. The molecule has 1 atom stereocenters. The van der Waals surface area contributed by atoms with Gasteiger partial charge < -0.3 is 5.32 Å². The molecule has 0 radical (unpaired) electrons. The van der Waals surface area contributed by atoms with Gasteiger partial charge in [0.2, 0.25) is 5.91 Å². The first-order valence-electron chi connectivity index (χ1n) is 5.85. The molecule has 90 valence electrons. The number of carbonyl (C=O) groups is 1. The molecule has 1 rings (SSSR count). The second kappa shape index (κ2) is 5.85. The lowest BCUT2D eigenvalue weighted by atomic mass is 10.1. The van der Waals surface area contributed by atoms with Crippen molar-refractivity contribution in [3.8, 4) is 0 Å². The van der Waals surface area contributed by atoms with Gasteiger partial charge in [0.1, 0.15) is 0 Å². The Morgan fingerprint density at radius 1 is 1.62 bits per heavy atom. The average Bonchev–Trinajstić information content (AvgIpc) is 2.64. The van der Waals surface area contributed by atoms with Crippen molar-refractivity contribution in [1.82, 2.24) is 10.2 Å². The van der Waals surface area contributed by atoms with E-state index in [0.29, 0.717) is 6.54 Å². The number of allylic oxidation sites excluding steroid dienone is 1. The summed E-state index contributed by atoms with van der Waals surface area (Å²) in [4.78, 5) is 14.0. The zero-order valence-corrected chi connectivity index (χ0v) is 10.5. The molecule has 16 heavy (non-hydrogen) atoms. The Kier molecular flexibility index (Phi) is 4.74. The number of hydrogen-bond acceptors (Lipinski definition) is 2. The van der Waals surface area contributed by atoms with Gasteiger partial charge in [0.15, 0.2) is 0 Å². The molecule has 3 nitrogen and oxygen atoms in total. The molecule has 1 fully saturated rings. The molecule has 0 aromatic heterocycles. The van der Waals surface area contributed by atoms with Crippen LogP contribution in [0.4, 0.5) is 0 Å². The minimum Gasteiger partial charge on any atom is -0.351 e. The van der Waals surface area contributed by atoms with Crippen LogP contribution in [0, 0.1) is 0 Å². The molecular weight excluding hydrogens is 200 g/mol. The fourth-order valence-corrected chi connectivity index (χ4v) is 2.04. The number of nitrogens with one attached hydrogen (secondary N) is 1. The summed E-state index contributed by atoms with van der Waals surface area (Å²) in [6.07, 6.45) is 4.09. The number of rotatable bonds is 4. The zero-order chi connectivity index (χ0) is 12.1. The van der Waals surface area contributed by atoms with Crippen LogP contribution in [-0.4, -0.2) is 37.0 Å². The molecule has 0 aromatic carbocycles. The van der Waals surface area contributed by atoms with Crippen LogP contribution in [0.2, 0.25) is 0 Å². The summed E-state index contributed by atoms with van der Waals surface area (Å²) in [6.45, 7) is 9.43. The highest BCUT2D eigenvalue weighted by Gasteiger charge is 2.27. The Balaban J connectivity index is 2.43. The molecule has 0 bridgehead atoms. The van der Waals surface area contributed by atoms with Crippen LogP contribution in [0.3, 0.4) is 0 Å². The maximum absolute atomic E-state index is 11.9. The molecule has 1 aliphatic heterocycles. The first-order chi connectivity index (χ1) is 7.56. The molecule has 1 aliphatic rings. The predicted octanol–water partition coefficient (Wildman–Crippen LogP) is 1.72. The van der Waals surface area contributed by atoms with Crippen molar-refractivity contribution in [2.45, 2.75) is 32.7 Å². The lowest BCUT2D eigenvalue weighted by Crippen LogP contribution is -2.42. The molecule has 1 saturated heterocycles. The Labute approximate surface area is 98.2 Å². The largest absolute Gasteiger partial charge is 0.351 e. The standard InChI is InChI=1S/C13H22N2O/c1-5-11(10(2)3)9-14-13(16)12-7-6-8-15(12)4/h5,12H,2,6-9H2,1,3-4H3,(H,14,16)/b11-5-. The third-order valence-corrected chi connectivity index (χ3v) is 3.17. The summed E-state index contributed by atoms with van der Waals surface area (Å²) in [5, 5.41) is 2.98. The van der Waals surface area contributed by atoms with Crippen LogP contribution >= 0.6 is 0 Å². The number of hydrogen-bond donors (Lipinski definition) is 1. The lowest BCUT2D eigenvalue weighted by Gasteiger charge is -2.19. The van der Waals surface area contributed by atoms with Gasteiger partial charge in [0, 0.05) is 6.54 Å². The minimum atomic E-state index is 0.0585. The lowest BCUT2D eigenvalue weighted by molar-refractivity contribution is -0.124. The maximum Gasteiger partial charge on any atom is 0.237 e. The fraction of sp³-hybridized carbons (Fsp3) is 0.615. The second-order valence-corrected chi connectivity index (χ2v) is 4.45. The van der Waals surface area contributed by atoms with E-state index in [-0.39, 0.29) is 11.9 Å². The SMILES string of the molecule is C=C(C)/C(=C\C)CNC(=O)C1CCCN1C. The average molecular weight is 222 g/mol. The molecule has 1 unspecified atom stereocenters. The van der Waals surface area contributed by atoms with Gasteiger partial charge >= 0.3 is 0 Å². The molecular formula is C13H22N2O. The van der Waals surface area contributed by atoms with Crippen LogP contribution < -0.4 is 5.32 Å². The van der Waals surface area contributed by atoms with E-state index in [1.165, 1.54) is 0 Å². The minimum absolute atomic E-state index is 0.0585. The molecule has 1 heterocycles. The monoisotopic (exact) mass is 222 g/mol. The van der Waals surface area contributed by atoms with Crippen molar-refractivity contribution >= 4 is 5.91 Å². The predicted molar refractivity (Wildman–Crippen MR) is 67.2 cm³/mol. The van der Waals surface area contributed by atoms with Gasteiger partial charge in [0.25, 0.3) is 0 Å². The van der Waals surface area contributed by atoms with E-state index in [2.05, 4.69) is 16.8 Å². The van der Waals surface area contributed by atoms with Gasteiger partial charge in [-0.25, -0.2) is 0 Å². The van der Waals surface area contributed by atoms with E-state index >= 15 is 0 Å². The van der Waals surface area contributed by atoms with Gasteiger partial charge in [-0.2, -0.15) is 0 Å². The second-order valence-electron chi connectivity index (χ2n) is 4.45. The van der Waals surface area contributed by atoms with Crippen molar-refractivity contribution < 1.29 is 4.79 Å². The molecule has 3 heteroatoms. The van der Waals surface area contributed by atoms with Gasteiger partial charge in [-0.1, -0.05) is 18.2 Å². The van der Waals surface area contributed by atoms with Crippen molar-refractivity contribution in [3.63, 3.8) is 0 Å². The van der Waals surface area contributed by atoms with Crippen molar-refractivity contribution in [3.05, 3.63) is 23.8 Å². The summed E-state index contributed by atoms with van der Waals surface area (Å²) in [5.74, 6) is 0.139. The highest BCUT2D eigenvalue weighted by Crippen LogP contribution is 2.14. The van der Waals surface area contributed by atoms with Crippen molar-refractivity contribution in [1.29, 1.82) is 0 Å². The van der Waals surface area contributed by atoms with Gasteiger partial charge in [-0.05, 0) is 45.9 Å². The normalized spacial score (nSPS) is 22.2. The number of nitrogens with zero attached hydrogens (tertiary/aromatic N) is 1. The summed E-state index contributed by atoms with van der Waals surface area (Å²) in [5.41, 5.74) is 2.12. The Morgan fingerprint density at radius 3 is 2.75 bits per heavy atom. The van der Waals surface area contributed by atoms with Crippen LogP contribution in [0.5, 0.6) is 0 Å². The summed E-state index contributed by atoms with van der Waals surface area (Å²) in [6, 6.07) is 0.0585. The number of likely N-dealkylation sites (tertiary alicyclic amines) is 1. The van der Waals surface area contributed by atoms with Crippen molar-refractivity contribution in [2.75, 3.05) is 20.1 Å². The van der Waals surface area contributed by atoms with E-state index in [4.69, 9.17) is 0 Å². The fourth-order valence-electron chi connectivity index (χ4n) is 2.04. The topological polar surface area (TPSA) is 32.3 Å². The van der Waals surface area contributed by atoms with Crippen LogP contribution in [0.25, 0.3) is 0 Å². The zero-order valence-electron chi connectivity index (χ0n) is 10.5. The van der Waals surface area contributed by atoms with Gasteiger partial charge in [-0.3, -0.25) is 9.69 Å². The van der Waals surface area contributed by atoms with Gasteiger partial charge in [-0.15, -0.1) is 0 Å².